The van der Waals surface area contributed by atoms with Gasteiger partial charge in [-0.1, -0.05) is 23.1 Å². The first-order chi connectivity index (χ1) is 7.74. The predicted octanol–water partition coefficient (Wildman–Crippen LogP) is 1.98. The highest BCUT2D eigenvalue weighted by atomic mass is 32.2. The van der Waals surface area contributed by atoms with Gasteiger partial charge in [-0.15, -0.1) is 0 Å². The molecule has 0 N–H and O–H groups in total. The molecule has 7 heteroatoms. The molecular weight excluding hydrogens is 246 g/mol. The van der Waals surface area contributed by atoms with Crippen molar-refractivity contribution in [3.63, 3.8) is 0 Å². The average molecular weight is 255 g/mol. The summed E-state index contributed by atoms with van der Waals surface area (Å²) in [4.78, 5) is 24.6. The van der Waals surface area contributed by atoms with Gasteiger partial charge in [0.15, 0.2) is 5.16 Å². The van der Waals surface area contributed by atoms with Gasteiger partial charge in [0, 0.05) is 0 Å². The van der Waals surface area contributed by atoms with Crippen LogP contribution in [0, 0.1) is 0 Å². The third-order valence-electron chi connectivity index (χ3n) is 1.76. The van der Waals surface area contributed by atoms with E-state index in [1.165, 1.54) is 23.1 Å². The molecular formula is C9H9N3O2S2. The number of ether oxygens (including phenoxy) is 1. The van der Waals surface area contributed by atoms with Crippen molar-refractivity contribution in [2.45, 2.75) is 12.1 Å². The second kappa shape index (κ2) is 4.75. The topological polar surface area (TPSA) is 65.0 Å². The molecule has 2 rings (SSSR count). The van der Waals surface area contributed by atoms with Crippen molar-refractivity contribution in [1.29, 1.82) is 0 Å². The lowest BCUT2D eigenvalue weighted by Crippen LogP contribution is -2.03. The zero-order chi connectivity index (χ0) is 11.5. The van der Waals surface area contributed by atoms with Crippen LogP contribution in [0.2, 0.25) is 0 Å². The maximum absolute atomic E-state index is 11.4. The summed E-state index contributed by atoms with van der Waals surface area (Å²) in [5, 5.41) is 0.996. The summed E-state index contributed by atoms with van der Waals surface area (Å²) in [5.74, 6) is -0.406. The number of hydrogen-bond acceptors (Lipinski definition) is 7. The first-order valence-corrected chi connectivity index (χ1v) is 6.63. The Morgan fingerprint density at radius 3 is 3.06 bits per heavy atom. The number of carbonyl (C=O) groups is 1. The van der Waals surface area contributed by atoms with Gasteiger partial charge in [-0.3, -0.25) is 0 Å². The van der Waals surface area contributed by atoms with Crippen LogP contribution in [0.1, 0.15) is 16.7 Å². The molecule has 0 aliphatic carbocycles. The fraction of sp³-hybridized carbons (Fsp3) is 0.333. The Kier molecular flexibility index (Phi) is 3.35. The third kappa shape index (κ3) is 2.14. The van der Waals surface area contributed by atoms with Crippen molar-refractivity contribution in [2.75, 3.05) is 12.9 Å². The van der Waals surface area contributed by atoms with E-state index in [2.05, 4.69) is 15.0 Å². The van der Waals surface area contributed by atoms with Crippen LogP contribution in [0.5, 0.6) is 0 Å². The third-order valence-corrected chi connectivity index (χ3v) is 3.27. The summed E-state index contributed by atoms with van der Waals surface area (Å²) in [6.07, 6.45) is 3.52. The van der Waals surface area contributed by atoms with Crippen molar-refractivity contribution in [3.8, 4) is 0 Å². The van der Waals surface area contributed by atoms with E-state index in [0.29, 0.717) is 27.1 Å². The van der Waals surface area contributed by atoms with Crippen LogP contribution in [-0.4, -0.2) is 33.8 Å². The smallest absolute Gasteiger partial charge is 0.367 e. The average Bonchev–Trinajstić information content (AvgIpc) is 2.71. The zero-order valence-corrected chi connectivity index (χ0v) is 10.4. The number of nitrogens with zero attached hydrogens (tertiary/aromatic N) is 3. The van der Waals surface area contributed by atoms with Crippen molar-refractivity contribution < 1.29 is 9.53 Å². The Morgan fingerprint density at radius 2 is 2.38 bits per heavy atom. The Labute approximate surface area is 100 Å². The van der Waals surface area contributed by atoms with Gasteiger partial charge in [-0.2, -0.15) is 0 Å². The van der Waals surface area contributed by atoms with Crippen LogP contribution >= 0.6 is 23.1 Å². The maximum atomic E-state index is 11.4. The minimum absolute atomic E-state index is 0.324. The van der Waals surface area contributed by atoms with Crippen molar-refractivity contribution in [2.24, 2.45) is 0 Å². The van der Waals surface area contributed by atoms with E-state index in [1.54, 1.807) is 13.1 Å². The lowest BCUT2D eigenvalue weighted by Gasteiger charge is -1.94. The molecule has 2 heterocycles. The van der Waals surface area contributed by atoms with Gasteiger partial charge < -0.3 is 4.74 Å². The molecule has 84 valence electrons. The fourth-order valence-electron chi connectivity index (χ4n) is 1.10. The standard InChI is InChI=1S/C9H9N3O2S2/c1-3-14-8(13)7-11-5-4-10-9(15-2)12-6(5)16-7/h4H,3H2,1-2H3. The van der Waals surface area contributed by atoms with E-state index in [9.17, 15) is 4.79 Å². The number of esters is 1. The molecule has 0 amide bonds. The summed E-state index contributed by atoms with van der Waals surface area (Å²) in [5.41, 5.74) is 0.630. The molecule has 16 heavy (non-hydrogen) atoms. The Bertz CT molecular complexity index is 526. The molecule has 0 bridgehead atoms. The molecule has 2 aromatic heterocycles. The summed E-state index contributed by atoms with van der Waals surface area (Å²) in [7, 11) is 0. The molecule has 0 aliphatic rings. The molecule has 0 aromatic carbocycles. The van der Waals surface area contributed by atoms with Crippen LogP contribution in [0.3, 0.4) is 0 Å². The Morgan fingerprint density at radius 1 is 1.56 bits per heavy atom. The summed E-state index contributed by atoms with van der Waals surface area (Å²) >= 11 is 2.68. The van der Waals surface area contributed by atoms with Crippen LogP contribution in [0.4, 0.5) is 0 Å². The van der Waals surface area contributed by atoms with Crippen molar-refractivity contribution in [3.05, 3.63) is 11.2 Å². The molecule has 0 saturated heterocycles. The minimum Gasteiger partial charge on any atom is -0.461 e. The number of carbonyl (C=O) groups excluding carboxylic acids is 1. The molecule has 0 atom stereocenters. The van der Waals surface area contributed by atoms with Crippen LogP contribution < -0.4 is 0 Å². The number of hydrogen-bond donors (Lipinski definition) is 0. The summed E-state index contributed by atoms with van der Waals surface area (Å²) in [6, 6.07) is 0. The highest BCUT2D eigenvalue weighted by Gasteiger charge is 2.14. The van der Waals surface area contributed by atoms with Crippen LogP contribution in [0.25, 0.3) is 10.3 Å². The summed E-state index contributed by atoms with van der Waals surface area (Å²) in [6.45, 7) is 2.10. The van der Waals surface area contributed by atoms with E-state index in [1.807, 2.05) is 6.26 Å². The Balaban J connectivity index is 2.39. The van der Waals surface area contributed by atoms with E-state index in [-0.39, 0.29) is 0 Å². The van der Waals surface area contributed by atoms with Crippen molar-refractivity contribution in [1.82, 2.24) is 15.0 Å². The maximum Gasteiger partial charge on any atom is 0.367 e. The lowest BCUT2D eigenvalue weighted by molar-refractivity contribution is 0.0526. The molecule has 0 radical (unpaired) electrons. The molecule has 0 spiro atoms. The molecule has 0 aliphatic heterocycles. The van der Waals surface area contributed by atoms with Gasteiger partial charge in [0.2, 0.25) is 5.01 Å². The molecule has 2 aromatic rings. The Hall–Kier alpha value is -1.21. The van der Waals surface area contributed by atoms with Crippen molar-refractivity contribution >= 4 is 39.4 Å². The van der Waals surface area contributed by atoms with E-state index >= 15 is 0 Å². The molecule has 0 fully saturated rings. The van der Waals surface area contributed by atoms with E-state index in [0.717, 1.165) is 0 Å². The highest BCUT2D eigenvalue weighted by molar-refractivity contribution is 7.98. The number of thioether (sulfide) groups is 1. The zero-order valence-electron chi connectivity index (χ0n) is 8.76. The highest BCUT2D eigenvalue weighted by Crippen LogP contribution is 2.22. The second-order valence-electron chi connectivity index (χ2n) is 2.79. The van der Waals surface area contributed by atoms with E-state index in [4.69, 9.17) is 4.74 Å². The van der Waals surface area contributed by atoms with Crippen LogP contribution in [0.15, 0.2) is 11.4 Å². The first kappa shape index (κ1) is 11.3. The van der Waals surface area contributed by atoms with Gasteiger partial charge in [-0.05, 0) is 13.2 Å². The number of thiazole rings is 1. The SMILES string of the molecule is CCOC(=O)c1nc2cnc(SC)nc2s1. The van der Waals surface area contributed by atoms with Gasteiger partial charge in [0.1, 0.15) is 10.3 Å². The second-order valence-corrected chi connectivity index (χ2v) is 4.54. The summed E-state index contributed by atoms with van der Waals surface area (Å²) < 4.78 is 4.87. The first-order valence-electron chi connectivity index (χ1n) is 4.59. The fourth-order valence-corrected chi connectivity index (χ4v) is 2.30. The molecule has 0 saturated carbocycles. The quantitative estimate of drug-likeness (QED) is 0.475. The molecule has 0 unspecified atom stereocenters. The van der Waals surface area contributed by atoms with Gasteiger partial charge >= 0.3 is 5.97 Å². The normalized spacial score (nSPS) is 10.6. The largest absolute Gasteiger partial charge is 0.461 e. The lowest BCUT2D eigenvalue weighted by atomic mass is 10.6. The van der Waals surface area contributed by atoms with Gasteiger partial charge in [-0.25, -0.2) is 19.7 Å². The van der Waals surface area contributed by atoms with Crippen LogP contribution in [-0.2, 0) is 4.74 Å². The van der Waals surface area contributed by atoms with Gasteiger partial charge in [0.25, 0.3) is 0 Å². The van der Waals surface area contributed by atoms with Gasteiger partial charge in [0.05, 0.1) is 12.8 Å². The predicted molar refractivity (Wildman–Crippen MR) is 62.9 cm³/mol. The monoisotopic (exact) mass is 255 g/mol. The number of aromatic nitrogens is 3. The number of rotatable bonds is 3. The minimum atomic E-state index is -0.406. The molecule has 5 nitrogen and oxygen atoms in total. The number of fused-ring (bicyclic) bond motifs is 1. The van der Waals surface area contributed by atoms with E-state index < -0.39 is 5.97 Å².